The topological polar surface area (TPSA) is 49.3 Å². The molecule has 1 aromatic carbocycles. The second-order valence-corrected chi connectivity index (χ2v) is 8.26. The summed E-state index contributed by atoms with van der Waals surface area (Å²) in [5.74, 6) is 0.549. The molecule has 2 aliphatic heterocycles. The zero-order chi connectivity index (χ0) is 21.6. The number of benzene rings is 1. The molecular weight excluding hydrogens is 405 g/mol. The van der Waals surface area contributed by atoms with Crippen LogP contribution in [0.4, 0.5) is 24.7 Å². The van der Waals surface area contributed by atoms with Crippen LogP contribution in [0.3, 0.4) is 0 Å². The number of anilines is 2. The van der Waals surface area contributed by atoms with Crippen molar-refractivity contribution in [3.8, 4) is 0 Å². The first-order chi connectivity index (χ1) is 14.9. The predicted octanol–water partition coefficient (Wildman–Crippen LogP) is 4.67. The van der Waals surface area contributed by atoms with E-state index in [0.29, 0.717) is 31.9 Å². The van der Waals surface area contributed by atoms with E-state index in [1.54, 1.807) is 6.20 Å². The van der Waals surface area contributed by atoms with E-state index < -0.39 is 17.2 Å². The molecule has 0 bridgehead atoms. The quantitative estimate of drug-likeness (QED) is 0.598. The number of aromatic nitrogens is 2. The largest absolute Gasteiger partial charge is 0.417 e. The lowest BCUT2D eigenvalue weighted by atomic mass is 9.78. The number of pyridine rings is 2. The molecule has 0 radical (unpaired) electrons. The molecule has 0 aliphatic carbocycles. The minimum atomic E-state index is -4.41. The summed E-state index contributed by atoms with van der Waals surface area (Å²) in [6.45, 7) is 1.75. The maximum Gasteiger partial charge on any atom is 0.417 e. The Morgan fingerprint density at radius 1 is 0.968 bits per heavy atom. The first-order valence-electron chi connectivity index (χ1n) is 10.3. The van der Waals surface area contributed by atoms with Gasteiger partial charge in [-0.25, -0.2) is 4.98 Å². The standard InChI is InChI=1S/C23H21F3N4O/c24-23(25,26)16-7-8-20(28-14-16)29-12-3-9-22(15-29)10-13-30(21(22)31)19-6-1-5-18-17(19)4-2-11-27-18/h1-2,4-8,11,14H,3,9-10,12-13,15H2/t22-/m1/s1. The van der Waals surface area contributed by atoms with Crippen LogP contribution >= 0.6 is 0 Å². The molecule has 5 rings (SSSR count). The van der Waals surface area contributed by atoms with Crippen LogP contribution in [0.15, 0.2) is 54.9 Å². The van der Waals surface area contributed by atoms with Crippen molar-refractivity contribution in [3.05, 3.63) is 60.4 Å². The number of nitrogens with zero attached hydrogens (tertiary/aromatic N) is 4. The Morgan fingerprint density at radius 3 is 2.61 bits per heavy atom. The van der Waals surface area contributed by atoms with Gasteiger partial charge in [-0.1, -0.05) is 6.07 Å². The molecule has 1 spiro atoms. The highest BCUT2D eigenvalue weighted by Crippen LogP contribution is 2.44. The van der Waals surface area contributed by atoms with Gasteiger partial charge in [0, 0.05) is 37.4 Å². The summed E-state index contributed by atoms with van der Waals surface area (Å²) in [6.07, 6.45) is 0.448. The third kappa shape index (κ3) is 3.40. The van der Waals surface area contributed by atoms with E-state index in [1.807, 2.05) is 40.1 Å². The second-order valence-electron chi connectivity index (χ2n) is 8.26. The van der Waals surface area contributed by atoms with Crippen molar-refractivity contribution in [2.75, 3.05) is 29.4 Å². The average Bonchev–Trinajstić information content (AvgIpc) is 3.08. The summed E-state index contributed by atoms with van der Waals surface area (Å²) in [5.41, 5.74) is 0.383. The summed E-state index contributed by atoms with van der Waals surface area (Å²) in [5, 5.41) is 0.937. The number of carbonyl (C=O) groups excluding carboxylic acids is 1. The van der Waals surface area contributed by atoms with Crippen molar-refractivity contribution in [3.63, 3.8) is 0 Å². The number of piperidine rings is 1. The smallest absolute Gasteiger partial charge is 0.356 e. The molecule has 3 aromatic rings. The van der Waals surface area contributed by atoms with E-state index in [4.69, 9.17) is 0 Å². The molecule has 2 fully saturated rings. The third-order valence-electron chi connectivity index (χ3n) is 6.40. The van der Waals surface area contributed by atoms with Crippen LogP contribution in [0.25, 0.3) is 10.9 Å². The van der Waals surface area contributed by atoms with Crippen molar-refractivity contribution in [2.45, 2.75) is 25.4 Å². The highest BCUT2D eigenvalue weighted by atomic mass is 19.4. The van der Waals surface area contributed by atoms with E-state index in [9.17, 15) is 18.0 Å². The van der Waals surface area contributed by atoms with Crippen molar-refractivity contribution in [1.82, 2.24) is 9.97 Å². The fourth-order valence-electron chi connectivity index (χ4n) is 4.82. The molecule has 1 atom stereocenters. The molecule has 31 heavy (non-hydrogen) atoms. The Hall–Kier alpha value is -3.16. The minimum Gasteiger partial charge on any atom is -0.356 e. The molecule has 0 unspecified atom stereocenters. The van der Waals surface area contributed by atoms with Gasteiger partial charge in [-0.05, 0) is 55.7 Å². The summed E-state index contributed by atoms with van der Waals surface area (Å²) in [6, 6.07) is 12.1. The fraction of sp³-hybridized carbons (Fsp3) is 0.348. The van der Waals surface area contributed by atoms with Crippen molar-refractivity contribution in [1.29, 1.82) is 0 Å². The maximum absolute atomic E-state index is 13.6. The van der Waals surface area contributed by atoms with Gasteiger partial charge in [0.25, 0.3) is 0 Å². The van der Waals surface area contributed by atoms with Gasteiger partial charge >= 0.3 is 6.18 Å². The highest BCUT2D eigenvalue weighted by molar-refractivity contribution is 6.06. The van der Waals surface area contributed by atoms with Crippen LogP contribution in [0.5, 0.6) is 0 Å². The highest BCUT2D eigenvalue weighted by Gasteiger charge is 2.49. The lowest BCUT2D eigenvalue weighted by Crippen LogP contribution is -2.48. The molecule has 2 aromatic heterocycles. The van der Waals surface area contributed by atoms with Crippen molar-refractivity contribution < 1.29 is 18.0 Å². The van der Waals surface area contributed by atoms with E-state index in [1.165, 1.54) is 6.07 Å². The van der Waals surface area contributed by atoms with Crippen LogP contribution in [0, 0.1) is 5.41 Å². The average molecular weight is 426 g/mol. The number of rotatable bonds is 2. The van der Waals surface area contributed by atoms with Gasteiger partial charge in [0.2, 0.25) is 5.91 Å². The van der Waals surface area contributed by atoms with Crippen LogP contribution in [0.2, 0.25) is 0 Å². The lowest BCUT2D eigenvalue weighted by Gasteiger charge is -2.39. The van der Waals surface area contributed by atoms with Gasteiger partial charge in [-0.3, -0.25) is 9.78 Å². The van der Waals surface area contributed by atoms with Gasteiger partial charge in [0.15, 0.2) is 0 Å². The van der Waals surface area contributed by atoms with Crippen molar-refractivity contribution in [2.24, 2.45) is 5.41 Å². The van der Waals surface area contributed by atoms with Gasteiger partial charge in [-0.15, -0.1) is 0 Å². The number of hydrogen-bond donors (Lipinski definition) is 0. The Bertz CT molecular complexity index is 1130. The SMILES string of the molecule is O=C1N(c2cccc3ncccc23)CC[C@@]12CCCN(c1ccc(C(F)(F)F)cn1)C2. The minimum absolute atomic E-state index is 0.0699. The zero-order valence-electron chi connectivity index (χ0n) is 16.8. The molecule has 0 N–H and O–H groups in total. The Kier molecular flexibility index (Phi) is 4.60. The molecule has 160 valence electrons. The van der Waals surface area contributed by atoms with Gasteiger partial charge in [0.05, 0.1) is 22.2 Å². The number of amides is 1. The van der Waals surface area contributed by atoms with Gasteiger partial charge in [-0.2, -0.15) is 13.2 Å². The number of alkyl halides is 3. The summed E-state index contributed by atoms with van der Waals surface area (Å²) in [7, 11) is 0. The molecule has 4 heterocycles. The Labute approximate surface area is 177 Å². The van der Waals surface area contributed by atoms with E-state index >= 15 is 0 Å². The monoisotopic (exact) mass is 426 g/mol. The first kappa shape index (κ1) is 19.8. The van der Waals surface area contributed by atoms with E-state index in [-0.39, 0.29) is 5.91 Å². The number of hydrogen-bond acceptors (Lipinski definition) is 4. The molecule has 8 heteroatoms. The van der Waals surface area contributed by atoms with Crippen LogP contribution < -0.4 is 9.80 Å². The summed E-state index contributed by atoms with van der Waals surface area (Å²) in [4.78, 5) is 25.8. The molecule has 2 aliphatic rings. The molecule has 5 nitrogen and oxygen atoms in total. The van der Waals surface area contributed by atoms with Crippen LogP contribution in [-0.4, -0.2) is 35.5 Å². The van der Waals surface area contributed by atoms with Gasteiger partial charge < -0.3 is 9.80 Å². The molecular formula is C23H21F3N4O. The third-order valence-corrected chi connectivity index (χ3v) is 6.40. The van der Waals surface area contributed by atoms with Crippen molar-refractivity contribution >= 4 is 28.3 Å². The van der Waals surface area contributed by atoms with E-state index in [0.717, 1.165) is 41.7 Å². The van der Waals surface area contributed by atoms with Gasteiger partial charge in [0.1, 0.15) is 5.82 Å². The lowest BCUT2D eigenvalue weighted by molar-refractivity contribution is -0.137. The first-order valence-corrected chi connectivity index (χ1v) is 10.3. The summed E-state index contributed by atoms with van der Waals surface area (Å²) < 4.78 is 38.6. The molecule has 0 saturated carbocycles. The Balaban J connectivity index is 1.41. The number of carbonyl (C=O) groups is 1. The summed E-state index contributed by atoms with van der Waals surface area (Å²) >= 11 is 0. The van der Waals surface area contributed by atoms with Crippen LogP contribution in [-0.2, 0) is 11.0 Å². The number of fused-ring (bicyclic) bond motifs is 1. The maximum atomic E-state index is 13.6. The van der Waals surface area contributed by atoms with Crippen LogP contribution in [0.1, 0.15) is 24.8 Å². The zero-order valence-corrected chi connectivity index (χ0v) is 16.8. The Morgan fingerprint density at radius 2 is 1.84 bits per heavy atom. The van der Waals surface area contributed by atoms with E-state index in [2.05, 4.69) is 9.97 Å². The molecule has 1 amide bonds. The fourth-order valence-corrected chi connectivity index (χ4v) is 4.82. The predicted molar refractivity (Wildman–Crippen MR) is 112 cm³/mol. The second kappa shape index (κ2) is 7.21. The number of halogens is 3. The normalized spacial score (nSPS) is 22.0. The molecule has 2 saturated heterocycles.